The van der Waals surface area contributed by atoms with Gasteiger partial charge in [0.25, 0.3) is 0 Å². The lowest BCUT2D eigenvalue weighted by Gasteiger charge is -2.37. The third-order valence-electron chi connectivity index (χ3n) is 6.13. The highest BCUT2D eigenvalue weighted by Crippen LogP contribution is 2.20. The van der Waals surface area contributed by atoms with Crippen LogP contribution in [0.15, 0.2) is 48.5 Å². The lowest BCUT2D eigenvalue weighted by molar-refractivity contribution is -0.145. The summed E-state index contributed by atoms with van der Waals surface area (Å²) >= 11 is 0. The number of carbonyl (C=O) groups is 2. The molecule has 1 aliphatic heterocycles. The van der Waals surface area contributed by atoms with Crippen LogP contribution in [0.5, 0.6) is 5.75 Å². The number of halogens is 1. The van der Waals surface area contributed by atoms with Crippen LogP contribution in [0.4, 0.5) is 9.18 Å². The molecule has 1 heterocycles. The molecule has 7 nitrogen and oxygen atoms in total. The first-order valence-electron chi connectivity index (χ1n) is 12.6. The highest BCUT2D eigenvalue weighted by Gasteiger charge is 2.27. The molecular weight excluding hydrogens is 461 g/mol. The molecule has 1 N–H and O–H groups in total. The first kappa shape index (κ1) is 29.1. The summed E-state index contributed by atoms with van der Waals surface area (Å²) in [7, 11) is 3.44. The highest BCUT2D eigenvalue weighted by molar-refractivity contribution is 5.74. The average Bonchev–Trinajstić information content (AvgIpc) is 2.92. The molecule has 0 radical (unpaired) electrons. The Balaban J connectivity index is 0.00000223. The minimum Gasteiger partial charge on any atom is -0.493 e. The van der Waals surface area contributed by atoms with Crippen LogP contribution >= 0.6 is 0 Å². The molecule has 0 aliphatic carbocycles. The molecule has 0 aromatic heterocycles. The van der Waals surface area contributed by atoms with Gasteiger partial charge in [-0.1, -0.05) is 38.1 Å². The van der Waals surface area contributed by atoms with Gasteiger partial charge >= 0.3 is 12.0 Å². The second kappa shape index (κ2) is 15.1. The molecule has 0 saturated carbocycles. The van der Waals surface area contributed by atoms with E-state index in [0.717, 1.165) is 37.1 Å². The fraction of sp³-hybridized carbons (Fsp3) is 0.500. The number of hydrogen-bond donors (Lipinski definition) is 1. The van der Waals surface area contributed by atoms with Crippen LogP contribution in [0, 0.1) is 11.7 Å². The number of carbonyl (C=O) groups excluding carboxylic acids is 2. The molecule has 36 heavy (non-hydrogen) atoms. The smallest absolute Gasteiger partial charge is 0.318 e. The summed E-state index contributed by atoms with van der Waals surface area (Å²) in [6.45, 7) is 8.67. The van der Waals surface area contributed by atoms with E-state index >= 15 is 0 Å². The maximum atomic E-state index is 13.3. The summed E-state index contributed by atoms with van der Waals surface area (Å²) in [5, 5.41) is 3.03. The number of nitrogens with one attached hydrogen (secondary N) is 1. The zero-order chi connectivity index (χ0) is 26.5. The number of ether oxygens (including phenoxy) is 2. The van der Waals surface area contributed by atoms with Crippen molar-refractivity contribution in [2.75, 3.05) is 33.9 Å². The Morgan fingerprint density at radius 3 is 2.25 bits per heavy atom. The molecule has 2 amide bonds. The van der Waals surface area contributed by atoms with Gasteiger partial charge in [-0.3, -0.25) is 4.79 Å². The van der Waals surface area contributed by atoms with Crippen LogP contribution in [0.25, 0.3) is 0 Å². The van der Waals surface area contributed by atoms with Gasteiger partial charge in [0.05, 0.1) is 13.0 Å². The van der Waals surface area contributed by atoms with E-state index in [2.05, 4.69) is 17.3 Å². The summed E-state index contributed by atoms with van der Waals surface area (Å²) in [6.07, 6.45) is 1.81. The van der Waals surface area contributed by atoms with Crippen molar-refractivity contribution in [1.82, 2.24) is 15.1 Å². The van der Waals surface area contributed by atoms with Crippen LogP contribution in [0.3, 0.4) is 0 Å². The second-order valence-corrected chi connectivity index (χ2v) is 8.83. The van der Waals surface area contributed by atoms with E-state index in [4.69, 9.17) is 9.47 Å². The van der Waals surface area contributed by atoms with E-state index in [1.165, 1.54) is 19.2 Å². The van der Waals surface area contributed by atoms with Crippen LogP contribution in [-0.4, -0.2) is 61.7 Å². The van der Waals surface area contributed by atoms with Crippen molar-refractivity contribution in [3.8, 4) is 5.75 Å². The molecule has 1 fully saturated rings. The Labute approximate surface area is 216 Å². The van der Waals surface area contributed by atoms with Crippen molar-refractivity contribution < 1.29 is 24.9 Å². The Morgan fingerprint density at radius 1 is 1.08 bits per heavy atom. The second-order valence-electron chi connectivity index (χ2n) is 8.83. The highest BCUT2D eigenvalue weighted by atomic mass is 19.1. The van der Waals surface area contributed by atoms with Gasteiger partial charge in [0.2, 0.25) is 0 Å². The molecule has 2 aromatic carbocycles. The predicted octanol–water partition coefficient (Wildman–Crippen LogP) is 5.09. The molecule has 1 aliphatic rings. The molecular formula is C28H42FN3O4. The standard InChI is InChI=1S/C26H34FN3O4.C2H6.H2/c1-19(25(31)33-3)18-34-24-10-6-20(7-11-24)16-28-26(32)30(23-12-14-29(2)15-13-23)17-21-4-8-22(27)9-5-21;1-2;/h4-11,19,23H,12-18H2,1-3H3,(H,28,32);1-2H3;1H. The van der Waals surface area contributed by atoms with Crippen molar-refractivity contribution in [2.24, 2.45) is 5.92 Å². The van der Waals surface area contributed by atoms with E-state index in [-0.39, 0.29) is 37.8 Å². The molecule has 2 aromatic rings. The number of nitrogens with zero attached hydrogens (tertiary/aromatic N) is 2. The number of piperidine rings is 1. The first-order chi connectivity index (χ1) is 17.4. The summed E-state index contributed by atoms with van der Waals surface area (Å²) in [6, 6.07) is 13.7. The van der Waals surface area contributed by atoms with Crippen molar-refractivity contribution in [2.45, 2.75) is 52.7 Å². The number of likely N-dealkylation sites (tertiary alicyclic amines) is 1. The molecule has 1 saturated heterocycles. The van der Waals surface area contributed by atoms with Gasteiger partial charge in [-0.25, -0.2) is 9.18 Å². The maximum absolute atomic E-state index is 13.3. The third kappa shape index (κ3) is 9.15. The predicted molar refractivity (Wildman–Crippen MR) is 141 cm³/mol. The fourth-order valence-electron chi connectivity index (χ4n) is 3.93. The number of methoxy groups -OCH3 is 1. The van der Waals surface area contributed by atoms with Gasteiger partial charge in [-0.2, -0.15) is 0 Å². The van der Waals surface area contributed by atoms with E-state index in [1.807, 2.05) is 43.0 Å². The van der Waals surface area contributed by atoms with Crippen LogP contribution in [-0.2, 0) is 22.6 Å². The van der Waals surface area contributed by atoms with E-state index in [9.17, 15) is 14.0 Å². The first-order valence-corrected chi connectivity index (χ1v) is 12.6. The van der Waals surface area contributed by atoms with Gasteiger partial charge < -0.3 is 24.6 Å². The van der Waals surface area contributed by atoms with Gasteiger partial charge in [-0.15, -0.1) is 0 Å². The van der Waals surface area contributed by atoms with Gasteiger partial charge in [0, 0.05) is 20.6 Å². The number of urea groups is 1. The van der Waals surface area contributed by atoms with Gasteiger partial charge in [0.15, 0.2) is 0 Å². The van der Waals surface area contributed by atoms with Crippen molar-refractivity contribution in [3.63, 3.8) is 0 Å². The van der Waals surface area contributed by atoms with Crippen LogP contribution < -0.4 is 10.1 Å². The minimum atomic E-state index is -0.351. The van der Waals surface area contributed by atoms with Crippen molar-refractivity contribution in [3.05, 3.63) is 65.5 Å². The SMILES string of the molecule is CC.COC(=O)C(C)COc1ccc(CNC(=O)N(Cc2ccc(F)cc2)C2CCN(C)CC2)cc1.[HH]. The number of benzene rings is 2. The number of rotatable bonds is 9. The molecule has 1 unspecified atom stereocenters. The fourth-order valence-corrected chi connectivity index (χ4v) is 3.93. The van der Waals surface area contributed by atoms with Crippen LogP contribution in [0.1, 0.15) is 46.2 Å². The van der Waals surface area contributed by atoms with Gasteiger partial charge in [0.1, 0.15) is 18.2 Å². The van der Waals surface area contributed by atoms with E-state index in [1.54, 1.807) is 19.1 Å². The number of amides is 2. The summed E-state index contributed by atoms with van der Waals surface area (Å²) < 4.78 is 23.7. The Hall–Kier alpha value is -3.13. The van der Waals surface area contributed by atoms with E-state index in [0.29, 0.717) is 18.8 Å². The van der Waals surface area contributed by atoms with Crippen molar-refractivity contribution in [1.29, 1.82) is 0 Å². The third-order valence-corrected chi connectivity index (χ3v) is 6.13. The van der Waals surface area contributed by atoms with Crippen molar-refractivity contribution >= 4 is 12.0 Å². The van der Waals surface area contributed by atoms with Gasteiger partial charge in [-0.05, 0) is 75.3 Å². The normalized spacial score (nSPS) is 14.7. The minimum absolute atomic E-state index is 0. The summed E-state index contributed by atoms with van der Waals surface area (Å²) in [5.41, 5.74) is 1.84. The molecule has 200 valence electrons. The lowest BCUT2D eigenvalue weighted by atomic mass is 10.0. The lowest BCUT2D eigenvalue weighted by Crippen LogP contribution is -2.49. The Bertz CT molecular complexity index is 935. The van der Waals surface area contributed by atoms with Crippen LogP contribution in [0.2, 0.25) is 0 Å². The zero-order valence-corrected chi connectivity index (χ0v) is 22.1. The molecule has 1 atom stereocenters. The largest absolute Gasteiger partial charge is 0.493 e. The topological polar surface area (TPSA) is 71.1 Å². The molecule has 8 heteroatoms. The Kier molecular flexibility index (Phi) is 12.2. The quantitative estimate of drug-likeness (QED) is 0.483. The number of esters is 1. The Morgan fingerprint density at radius 2 is 1.67 bits per heavy atom. The molecule has 0 spiro atoms. The summed E-state index contributed by atoms with van der Waals surface area (Å²) in [4.78, 5) is 28.8. The average molecular weight is 504 g/mol. The zero-order valence-electron chi connectivity index (χ0n) is 22.1. The monoisotopic (exact) mass is 503 g/mol. The summed E-state index contributed by atoms with van der Waals surface area (Å²) in [5.74, 6) is -0.300. The molecule has 3 rings (SSSR count). The van der Waals surface area contributed by atoms with E-state index < -0.39 is 0 Å². The molecule has 0 bridgehead atoms. The number of hydrogen-bond acceptors (Lipinski definition) is 5. The maximum Gasteiger partial charge on any atom is 0.318 e.